The maximum Gasteiger partial charge on any atom is 0.255 e. The third-order valence-electron chi connectivity index (χ3n) is 6.75. The second-order valence-electron chi connectivity index (χ2n) is 9.43. The molecule has 0 aromatic heterocycles. The Morgan fingerprint density at radius 2 is 1.80 bits per heavy atom. The van der Waals surface area contributed by atoms with Crippen molar-refractivity contribution in [2.24, 2.45) is 5.92 Å². The molecule has 2 amide bonds. The van der Waals surface area contributed by atoms with Gasteiger partial charge in [-0.1, -0.05) is 28.9 Å². The van der Waals surface area contributed by atoms with Gasteiger partial charge < -0.3 is 20.3 Å². The van der Waals surface area contributed by atoms with E-state index in [1.54, 1.807) is 18.2 Å². The van der Waals surface area contributed by atoms with Gasteiger partial charge in [0.1, 0.15) is 0 Å². The molecule has 0 spiro atoms. The highest BCUT2D eigenvalue weighted by molar-refractivity contribution is 9.10. The number of halogens is 1. The molecule has 2 fully saturated rings. The van der Waals surface area contributed by atoms with Gasteiger partial charge >= 0.3 is 0 Å². The number of anilines is 2. The number of ether oxygens (including phenoxy) is 1. The molecule has 7 nitrogen and oxygen atoms in total. The van der Waals surface area contributed by atoms with E-state index in [1.165, 1.54) is 0 Å². The second kappa shape index (κ2) is 12.5. The zero-order valence-electron chi connectivity index (χ0n) is 20.4. The molecule has 0 atom stereocenters. The topological polar surface area (TPSA) is 73.9 Å². The van der Waals surface area contributed by atoms with Gasteiger partial charge in [0.05, 0.1) is 18.8 Å². The molecule has 2 N–H and O–H groups in total. The number of piperidine rings is 1. The van der Waals surface area contributed by atoms with Gasteiger partial charge in [-0.05, 0) is 68.1 Å². The maximum atomic E-state index is 13.3. The highest BCUT2D eigenvalue weighted by Gasteiger charge is 2.22. The van der Waals surface area contributed by atoms with E-state index < -0.39 is 0 Å². The summed E-state index contributed by atoms with van der Waals surface area (Å²) in [4.78, 5) is 30.7. The van der Waals surface area contributed by atoms with E-state index in [0.717, 1.165) is 75.4 Å². The van der Waals surface area contributed by atoms with E-state index in [1.807, 2.05) is 24.3 Å². The maximum absolute atomic E-state index is 13.3. The third-order valence-corrected chi connectivity index (χ3v) is 7.24. The SMILES string of the molecule is CC1CCN(c2ccc(NC(=O)c3cccc(Br)c3)cc2C(=O)NCCCN2CCOCC2)CC1. The summed E-state index contributed by atoms with van der Waals surface area (Å²) in [5.41, 5.74) is 2.71. The normalized spacial score (nSPS) is 17.3. The Balaban J connectivity index is 1.45. The summed E-state index contributed by atoms with van der Waals surface area (Å²) in [5, 5.41) is 6.06. The average Bonchev–Trinajstić information content (AvgIpc) is 2.87. The van der Waals surface area contributed by atoms with Crippen LogP contribution in [0.2, 0.25) is 0 Å². The molecule has 0 saturated carbocycles. The summed E-state index contributed by atoms with van der Waals surface area (Å²) < 4.78 is 6.25. The van der Waals surface area contributed by atoms with Crippen molar-refractivity contribution in [3.8, 4) is 0 Å². The summed E-state index contributed by atoms with van der Waals surface area (Å²) in [7, 11) is 0. The Hall–Kier alpha value is -2.42. The van der Waals surface area contributed by atoms with Gasteiger partial charge in [0.15, 0.2) is 0 Å². The molecule has 0 radical (unpaired) electrons. The second-order valence-corrected chi connectivity index (χ2v) is 10.3. The Labute approximate surface area is 216 Å². The Morgan fingerprint density at radius 1 is 1.03 bits per heavy atom. The van der Waals surface area contributed by atoms with Gasteiger partial charge in [-0.2, -0.15) is 0 Å². The minimum Gasteiger partial charge on any atom is -0.379 e. The van der Waals surface area contributed by atoms with Crippen LogP contribution in [-0.2, 0) is 4.74 Å². The van der Waals surface area contributed by atoms with Crippen LogP contribution in [0.3, 0.4) is 0 Å². The number of carbonyl (C=O) groups is 2. The van der Waals surface area contributed by atoms with Crippen molar-refractivity contribution in [1.82, 2.24) is 10.2 Å². The molecule has 2 heterocycles. The first-order valence-corrected chi connectivity index (χ1v) is 13.3. The Morgan fingerprint density at radius 3 is 2.54 bits per heavy atom. The van der Waals surface area contributed by atoms with Crippen molar-refractivity contribution >= 4 is 39.1 Å². The zero-order chi connectivity index (χ0) is 24.6. The minimum atomic E-state index is -0.206. The van der Waals surface area contributed by atoms with Crippen molar-refractivity contribution in [2.45, 2.75) is 26.2 Å². The van der Waals surface area contributed by atoms with Crippen LogP contribution in [-0.4, -0.2) is 69.2 Å². The predicted molar refractivity (Wildman–Crippen MR) is 143 cm³/mol. The fourth-order valence-electron chi connectivity index (χ4n) is 4.58. The summed E-state index contributed by atoms with van der Waals surface area (Å²) in [6, 6.07) is 12.9. The van der Waals surface area contributed by atoms with Crippen LogP contribution in [0.5, 0.6) is 0 Å². The predicted octanol–water partition coefficient (Wildman–Crippen LogP) is 4.39. The molecule has 0 bridgehead atoms. The number of nitrogens with zero attached hydrogens (tertiary/aromatic N) is 2. The third kappa shape index (κ3) is 7.29. The molecule has 2 aromatic rings. The number of morpholine rings is 1. The summed E-state index contributed by atoms with van der Waals surface area (Å²) >= 11 is 3.41. The van der Waals surface area contributed by atoms with Crippen molar-refractivity contribution in [3.63, 3.8) is 0 Å². The quantitative estimate of drug-likeness (QED) is 0.484. The van der Waals surface area contributed by atoms with Crippen LogP contribution in [0.1, 0.15) is 46.9 Å². The highest BCUT2D eigenvalue weighted by Crippen LogP contribution is 2.29. The number of hydrogen-bond donors (Lipinski definition) is 2. The van der Waals surface area contributed by atoms with Crippen molar-refractivity contribution in [2.75, 3.05) is 62.7 Å². The summed E-state index contributed by atoms with van der Waals surface area (Å²) in [6.45, 7) is 9.16. The van der Waals surface area contributed by atoms with Gasteiger partial charge in [0, 0.05) is 54.1 Å². The van der Waals surface area contributed by atoms with Crippen LogP contribution >= 0.6 is 15.9 Å². The highest BCUT2D eigenvalue weighted by atomic mass is 79.9. The van der Waals surface area contributed by atoms with Gasteiger partial charge in [-0.15, -0.1) is 0 Å². The molecule has 0 unspecified atom stereocenters. The number of carbonyl (C=O) groups excluding carboxylic acids is 2. The molecule has 8 heteroatoms. The lowest BCUT2D eigenvalue weighted by atomic mass is 9.97. The summed E-state index contributed by atoms with van der Waals surface area (Å²) in [5.74, 6) is 0.398. The lowest BCUT2D eigenvalue weighted by Crippen LogP contribution is -2.38. The molecule has 2 aromatic carbocycles. The number of nitrogens with one attached hydrogen (secondary N) is 2. The average molecular weight is 544 g/mol. The van der Waals surface area contributed by atoms with E-state index in [4.69, 9.17) is 4.74 Å². The van der Waals surface area contributed by atoms with Gasteiger partial charge in [-0.3, -0.25) is 14.5 Å². The fraction of sp³-hybridized carbons (Fsp3) is 0.481. The van der Waals surface area contributed by atoms with Gasteiger partial charge in [0.25, 0.3) is 11.8 Å². The first-order chi connectivity index (χ1) is 17.0. The number of benzene rings is 2. The molecule has 188 valence electrons. The van der Waals surface area contributed by atoms with E-state index in [-0.39, 0.29) is 11.8 Å². The van der Waals surface area contributed by atoms with Crippen molar-refractivity contribution < 1.29 is 14.3 Å². The van der Waals surface area contributed by atoms with Crippen LogP contribution in [0, 0.1) is 5.92 Å². The van der Waals surface area contributed by atoms with Crippen LogP contribution in [0.15, 0.2) is 46.9 Å². The first-order valence-electron chi connectivity index (χ1n) is 12.5. The standard InChI is InChI=1S/C27H35BrN4O3/c1-20-8-12-32(13-9-20)25-7-6-23(30-26(33)21-4-2-5-22(28)18-21)19-24(25)27(34)29-10-3-11-31-14-16-35-17-15-31/h2,4-7,18-20H,3,8-17H2,1H3,(H,29,34)(H,30,33). The molecular formula is C27H35BrN4O3. The largest absolute Gasteiger partial charge is 0.379 e. The fourth-order valence-corrected chi connectivity index (χ4v) is 4.98. The van der Waals surface area contributed by atoms with Crippen LogP contribution in [0.25, 0.3) is 0 Å². The van der Waals surface area contributed by atoms with E-state index in [9.17, 15) is 9.59 Å². The van der Waals surface area contributed by atoms with Crippen LogP contribution in [0.4, 0.5) is 11.4 Å². The van der Waals surface area contributed by atoms with Crippen molar-refractivity contribution in [1.29, 1.82) is 0 Å². The van der Waals surface area contributed by atoms with Gasteiger partial charge in [0.2, 0.25) is 0 Å². The Kier molecular flexibility index (Phi) is 9.18. The lowest BCUT2D eigenvalue weighted by Gasteiger charge is -2.33. The molecule has 2 saturated heterocycles. The Bertz CT molecular complexity index is 1020. The molecule has 2 aliphatic rings. The first kappa shape index (κ1) is 25.7. The van der Waals surface area contributed by atoms with Crippen LogP contribution < -0.4 is 15.5 Å². The zero-order valence-corrected chi connectivity index (χ0v) is 22.0. The van der Waals surface area contributed by atoms with E-state index in [0.29, 0.717) is 29.3 Å². The lowest BCUT2D eigenvalue weighted by molar-refractivity contribution is 0.0374. The number of rotatable bonds is 8. The monoisotopic (exact) mass is 542 g/mol. The molecule has 4 rings (SSSR count). The molecular weight excluding hydrogens is 508 g/mol. The van der Waals surface area contributed by atoms with E-state index in [2.05, 4.69) is 43.3 Å². The minimum absolute atomic E-state index is 0.0980. The van der Waals surface area contributed by atoms with E-state index >= 15 is 0 Å². The molecule has 35 heavy (non-hydrogen) atoms. The van der Waals surface area contributed by atoms with Gasteiger partial charge in [-0.25, -0.2) is 0 Å². The number of amides is 2. The molecule has 0 aliphatic carbocycles. The smallest absolute Gasteiger partial charge is 0.255 e. The molecule has 2 aliphatic heterocycles. The number of hydrogen-bond acceptors (Lipinski definition) is 5. The summed E-state index contributed by atoms with van der Waals surface area (Å²) in [6.07, 6.45) is 3.12. The van der Waals surface area contributed by atoms with Crippen molar-refractivity contribution in [3.05, 3.63) is 58.1 Å².